The summed E-state index contributed by atoms with van der Waals surface area (Å²) in [6.07, 6.45) is 0.649. The molecule has 98 valence electrons. The number of hydrogen-bond acceptors (Lipinski definition) is 4. The molecule has 1 saturated heterocycles. The quantitative estimate of drug-likeness (QED) is 0.887. The van der Waals surface area contributed by atoms with Crippen LogP contribution >= 0.6 is 11.6 Å². The number of rotatable bonds is 2. The standard InChI is InChI=1S/C13H16ClNO3/c14-11-5-9(7-15-2-1-10(16)8-15)6-12-13(11)18-4-3-17-12/h5-6,10,16H,1-4,7-8H2/t10-/m1/s1. The number of fused-ring (bicyclic) bond motifs is 1. The van der Waals surface area contributed by atoms with Gasteiger partial charge in [0.25, 0.3) is 0 Å². The fraction of sp³-hybridized carbons (Fsp3) is 0.538. The van der Waals surface area contributed by atoms with E-state index in [9.17, 15) is 5.11 Å². The molecule has 1 atom stereocenters. The van der Waals surface area contributed by atoms with Crippen molar-refractivity contribution < 1.29 is 14.6 Å². The van der Waals surface area contributed by atoms with Crippen LogP contribution in [-0.2, 0) is 6.54 Å². The first-order valence-corrected chi connectivity index (χ1v) is 6.58. The topological polar surface area (TPSA) is 41.9 Å². The molecule has 0 unspecified atom stereocenters. The zero-order valence-corrected chi connectivity index (χ0v) is 10.8. The number of ether oxygens (including phenoxy) is 2. The monoisotopic (exact) mass is 269 g/mol. The molecule has 1 N–H and O–H groups in total. The van der Waals surface area contributed by atoms with E-state index in [4.69, 9.17) is 21.1 Å². The zero-order valence-electron chi connectivity index (χ0n) is 10.1. The molecule has 0 aromatic heterocycles. The maximum atomic E-state index is 9.51. The molecule has 18 heavy (non-hydrogen) atoms. The van der Waals surface area contributed by atoms with E-state index < -0.39 is 0 Å². The summed E-state index contributed by atoms with van der Waals surface area (Å²) < 4.78 is 11.0. The Morgan fingerprint density at radius 2 is 2.17 bits per heavy atom. The number of benzene rings is 1. The second kappa shape index (κ2) is 4.96. The van der Waals surface area contributed by atoms with Crippen molar-refractivity contribution in [3.63, 3.8) is 0 Å². The van der Waals surface area contributed by atoms with Gasteiger partial charge in [-0.25, -0.2) is 0 Å². The molecule has 0 saturated carbocycles. The van der Waals surface area contributed by atoms with E-state index in [1.165, 1.54) is 0 Å². The van der Waals surface area contributed by atoms with Crippen LogP contribution in [0, 0.1) is 0 Å². The molecule has 1 aromatic rings. The zero-order chi connectivity index (χ0) is 12.5. The number of halogens is 1. The first-order valence-electron chi connectivity index (χ1n) is 6.21. The van der Waals surface area contributed by atoms with Crippen LogP contribution in [0.5, 0.6) is 11.5 Å². The molecule has 1 fully saturated rings. The minimum atomic E-state index is -0.197. The Morgan fingerprint density at radius 3 is 2.94 bits per heavy atom. The van der Waals surface area contributed by atoms with E-state index in [1.54, 1.807) is 0 Å². The van der Waals surface area contributed by atoms with E-state index in [-0.39, 0.29) is 6.10 Å². The maximum Gasteiger partial charge on any atom is 0.179 e. The van der Waals surface area contributed by atoms with E-state index in [0.29, 0.717) is 24.0 Å². The third kappa shape index (κ3) is 2.41. The largest absolute Gasteiger partial charge is 0.486 e. The van der Waals surface area contributed by atoms with Gasteiger partial charge >= 0.3 is 0 Å². The van der Waals surface area contributed by atoms with Crippen molar-refractivity contribution >= 4 is 11.6 Å². The summed E-state index contributed by atoms with van der Waals surface area (Å²) >= 11 is 6.19. The Kier molecular flexibility index (Phi) is 3.33. The molecule has 2 aliphatic rings. The van der Waals surface area contributed by atoms with Gasteiger partial charge in [-0.3, -0.25) is 4.90 Å². The smallest absolute Gasteiger partial charge is 0.179 e. The van der Waals surface area contributed by atoms with Crippen molar-refractivity contribution in [3.05, 3.63) is 22.7 Å². The van der Waals surface area contributed by atoms with Gasteiger partial charge in [0.1, 0.15) is 13.2 Å². The highest BCUT2D eigenvalue weighted by Crippen LogP contribution is 2.38. The normalized spacial score (nSPS) is 23.3. The van der Waals surface area contributed by atoms with E-state index >= 15 is 0 Å². The first kappa shape index (κ1) is 12.1. The van der Waals surface area contributed by atoms with Gasteiger partial charge < -0.3 is 14.6 Å². The average Bonchev–Trinajstić information content (AvgIpc) is 2.75. The minimum absolute atomic E-state index is 0.197. The summed E-state index contributed by atoms with van der Waals surface area (Å²) in [6.45, 7) is 3.55. The van der Waals surface area contributed by atoms with Gasteiger partial charge in [-0.2, -0.15) is 0 Å². The lowest BCUT2D eigenvalue weighted by Crippen LogP contribution is -2.22. The first-order chi connectivity index (χ1) is 8.72. The second-order valence-corrected chi connectivity index (χ2v) is 5.19. The molecule has 2 aliphatic heterocycles. The van der Waals surface area contributed by atoms with Crippen LogP contribution in [-0.4, -0.2) is 42.4 Å². The Morgan fingerprint density at radius 1 is 1.33 bits per heavy atom. The van der Waals surface area contributed by atoms with E-state index in [2.05, 4.69) is 4.90 Å². The van der Waals surface area contributed by atoms with Crippen molar-refractivity contribution in [1.29, 1.82) is 0 Å². The fourth-order valence-corrected chi connectivity index (χ4v) is 2.76. The lowest BCUT2D eigenvalue weighted by molar-refractivity contribution is 0.169. The van der Waals surface area contributed by atoms with E-state index in [1.807, 2.05) is 12.1 Å². The molecular formula is C13H16ClNO3. The van der Waals surface area contributed by atoms with Crippen molar-refractivity contribution in [3.8, 4) is 11.5 Å². The van der Waals surface area contributed by atoms with Gasteiger partial charge in [0, 0.05) is 19.6 Å². The van der Waals surface area contributed by atoms with Gasteiger partial charge in [0.2, 0.25) is 0 Å². The molecule has 0 bridgehead atoms. The van der Waals surface area contributed by atoms with Crippen LogP contribution in [0.15, 0.2) is 12.1 Å². The van der Waals surface area contributed by atoms with Gasteiger partial charge in [-0.1, -0.05) is 11.6 Å². The molecule has 0 amide bonds. The van der Waals surface area contributed by atoms with Crippen molar-refractivity contribution in [1.82, 2.24) is 4.90 Å². The predicted octanol–water partition coefficient (Wildman–Crippen LogP) is 1.68. The highest BCUT2D eigenvalue weighted by Gasteiger charge is 2.22. The van der Waals surface area contributed by atoms with Gasteiger partial charge in [-0.15, -0.1) is 0 Å². The third-order valence-corrected chi connectivity index (χ3v) is 3.59. The highest BCUT2D eigenvalue weighted by atomic mass is 35.5. The molecule has 2 heterocycles. The van der Waals surface area contributed by atoms with Crippen molar-refractivity contribution in [2.75, 3.05) is 26.3 Å². The molecule has 0 radical (unpaired) electrons. The number of β-amino-alcohol motifs (C(OH)–C–C–N with tert-alkyl or cyclic N) is 1. The van der Waals surface area contributed by atoms with Crippen LogP contribution in [0.4, 0.5) is 0 Å². The van der Waals surface area contributed by atoms with Gasteiger partial charge in [-0.05, 0) is 24.1 Å². The minimum Gasteiger partial charge on any atom is -0.486 e. The predicted molar refractivity (Wildman–Crippen MR) is 68.3 cm³/mol. The molecule has 5 heteroatoms. The van der Waals surface area contributed by atoms with Crippen LogP contribution in [0.25, 0.3) is 0 Å². The molecule has 0 spiro atoms. The number of aliphatic hydroxyl groups excluding tert-OH is 1. The summed E-state index contributed by atoms with van der Waals surface area (Å²) in [5, 5.41) is 10.1. The Balaban J connectivity index is 1.78. The number of hydrogen-bond donors (Lipinski definition) is 1. The third-order valence-electron chi connectivity index (χ3n) is 3.31. The summed E-state index contributed by atoms with van der Waals surface area (Å²) in [4.78, 5) is 2.21. The van der Waals surface area contributed by atoms with Gasteiger partial charge in [0.05, 0.1) is 11.1 Å². The molecule has 4 nitrogen and oxygen atoms in total. The number of aliphatic hydroxyl groups is 1. The van der Waals surface area contributed by atoms with E-state index in [0.717, 1.165) is 37.4 Å². The second-order valence-electron chi connectivity index (χ2n) is 4.78. The summed E-state index contributed by atoms with van der Waals surface area (Å²) in [5.74, 6) is 1.37. The Labute approximate surface area is 111 Å². The molecular weight excluding hydrogens is 254 g/mol. The Bertz CT molecular complexity index is 452. The van der Waals surface area contributed by atoms with Crippen LogP contribution in [0.2, 0.25) is 5.02 Å². The number of likely N-dealkylation sites (tertiary alicyclic amines) is 1. The fourth-order valence-electron chi connectivity index (χ4n) is 2.47. The van der Waals surface area contributed by atoms with Crippen LogP contribution in [0.1, 0.15) is 12.0 Å². The van der Waals surface area contributed by atoms with Crippen molar-refractivity contribution in [2.45, 2.75) is 19.1 Å². The highest BCUT2D eigenvalue weighted by molar-refractivity contribution is 6.32. The Hall–Kier alpha value is -0.970. The molecule has 0 aliphatic carbocycles. The maximum absolute atomic E-state index is 9.51. The van der Waals surface area contributed by atoms with Crippen LogP contribution < -0.4 is 9.47 Å². The summed E-state index contributed by atoms with van der Waals surface area (Å²) in [5.41, 5.74) is 1.10. The summed E-state index contributed by atoms with van der Waals surface area (Å²) in [7, 11) is 0. The lowest BCUT2D eigenvalue weighted by atomic mass is 10.2. The summed E-state index contributed by atoms with van der Waals surface area (Å²) in [6, 6.07) is 3.89. The van der Waals surface area contributed by atoms with Crippen molar-refractivity contribution in [2.24, 2.45) is 0 Å². The lowest BCUT2D eigenvalue weighted by Gasteiger charge is -2.21. The molecule has 3 rings (SSSR count). The van der Waals surface area contributed by atoms with Crippen LogP contribution in [0.3, 0.4) is 0 Å². The SMILES string of the molecule is O[C@@H]1CCN(Cc2cc(Cl)c3c(c2)OCCO3)C1. The number of nitrogens with zero attached hydrogens (tertiary/aromatic N) is 1. The average molecular weight is 270 g/mol. The van der Waals surface area contributed by atoms with Gasteiger partial charge in [0.15, 0.2) is 11.5 Å². The molecule has 1 aromatic carbocycles.